The fourth-order valence-corrected chi connectivity index (χ4v) is 1.78. The van der Waals surface area contributed by atoms with Crippen molar-refractivity contribution in [2.24, 2.45) is 0 Å². The molecule has 108 valence electrons. The Hall–Kier alpha value is -3.03. The van der Waals surface area contributed by atoms with Gasteiger partial charge in [0.15, 0.2) is 0 Å². The molecular weight excluding hydrogens is 281 g/mol. The number of benzene rings is 2. The van der Waals surface area contributed by atoms with Gasteiger partial charge in [0.05, 0.1) is 15.9 Å². The Morgan fingerprint density at radius 1 is 1.05 bits per heavy atom. The minimum absolute atomic E-state index is 0.0668. The number of hydrogen-bond acceptors (Lipinski definition) is 5. The van der Waals surface area contributed by atoms with Crippen molar-refractivity contribution in [1.82, 2.24) is 0 Å². The maximum absolute atomic E-state index is 13.0. The number of nitrogens with zero attached hydrogens (tertiary/aromatic N) is 2. The van der Waals surface area contributed by atoms with Crippen LogP contribution in [0.4, 0.5) is 21.5 Å². The zero-order valence-electron chi connectivity index (χ0n) is 10.7. The summed E-state index contributed by atoms with van der Waals surface area (Å²) in [4.78, 5) is 20.3. The average molecular weight is 291 g/mol. The maximum atomic E-state index is 13.0. The SMILES string of the molecule is O=[N+]([O-])c1cccc(CNc2ccc(F)cc2[N+](=O)[O-])c1. The highest BCUT2D eigenvalue weighted by Gasteiger charge is 2.15. The summed E-state index contributed by atoms with van der Waals surface area (Å²) >= 11 is 0. The molecule has 0 aliphatic rings. The molecule has 0 bridgehead atoms. The van der Waals surface area contributed by atoms with Gasteiger partial charge in [0.1, 0.15) is 11.5 Å². The number of halogens is 1. The van der Waals surface area contributed by atoms with Gasteiger partial charge in [0.25, 0.3) is 11.4 Å². The Morgan fingerprint density at radius 2 is 1.81 bits per heavy atom. The second kappa shape index (κ2) is 5.95. The molecule has 7 nitrogen and oxygen atoms in total. The highest BCUT2D eigenvalue weighted by atomic mass is 19.1. The van der Waals surface area contributed by atoms with Crippen molar-refractivity contribution in [3.8, 4) is 0 Å². The first-order valence-corrected chi connectivity index (χ1v) is 5.88. The van der Waals surface area contributed by atoms with Crippen LogP contribution in [0.5, 0.6) is 0 Å². The minimum Gasteiger partial charge on any atom is -0.375 e. The predicted octanol–water partition coefficient (Wildman–Crippen LogP) is 3.25. The molecule has 0 unspecified atom stereocenters. The molecule has 2 aromatic rings. The van der Waals surface area contributed by atoms with E-state index in [4.69, 9.17) is 0 Å². The lowest BCUT2D eigenvalue weighted by Gasteiger charge is -2.07. The standard InChI is InChI=1S/C13H10FN3O4/c14-10-4-5-12(13(7-10)17(20)21)15-8-9-2-1-3-11(6-9)16(18)19/h1-7,15H,8H2. The first-order valence-electron chi connectivity index (χ1n) is 5.88. The fraction of sp³-hybridized carbons (Fsp3) is 0.0769. The quantitative estimate of drug-likeness (QED) is 0.673. The molecule has 1 N–H and O–H groups in total. The van der Waals surface area contributed by atoms with E-state index in [0.29, 0.717) is 5.56 Å². The highest BCUT2D eigenvalue weighted by molar-refractivity contribution is 5.61. The molecule has 0 radical (unpaired) electrons. The zero-order chi connectivity index (χ0) is 15.4. The van der Waals surface area contributed by atoms with E-state index >= 15 is 0 Å². The van der Waals surface area contributed by atoms with Crippen LogP contribution in [0.15, 0.2) is 42.5 Å². The second-order valence-electron chi connectivity index (χ2n) is 4.20. The largest absolute Gasteiger partial charge is 0.375 e. The molecule has 2 rings (SSSR count). The topological polar surface area (TPSA) is 98.3 Å². The Morgan fingerprint density at radius 3 is 2.48 bits per heavy atom. The molecule has 8 heteroatoms. The average Bonchev–Trinajstić information content (AvgIpc) is 2.46. The van der Waals surface area contributed by atoms with E-state index < -0.39 is 15.7 Å². The summed E-state index contributed by atoms with van der Waals surface area (Å²) in [6, 6.07) is 9.05. The molecule has 0 saturated heterocycles. The number of nitrogens with one attached hydrogen (secondary N) is 1. The van der Waals surface area contributed by atoms with Crippen LogP contribution in [0.1, 0.15) is 5.56 Å². The van der Waals surface area contributed by atoms with Gasteiger partial charge >= 0.3 is 0 Å². The van der Waals surface area contributed by atoms with Gasteiger partial charge in [-0.1, -0.05) is 12.1 Å². The normalized spacial score (nSPS) is 10.1. The number of nitro benzene ring substituents is 2. The monoisotopic (exact) mass is 291 g/mol. The molecule has 0 aliphatic carbocycles. The summed E-state index contributed by atoms with van der Waals surface area (Å²) in [5, 5.41) is 24.3. The number of nitro groups is 2. The highest BCUT2D eigenvalue weighted by Crippen LogP contribution is 2.25. The van der Waals surface area contributed by atoms with Crippen LogP contribution in [0.25, 0.3) is 0 Å². The van der Waals surface area contributed by atoms with E-state index in [-0.39, 0.29) is 23.6 Å². The number of rotatable bonds is 5. The third-order valence-corrected chi connectivity index (χ3v) is 2.76. The van der Waals surface area contributed by atoms with E-state index in [1.54, 1.807) is 6.07 Å². The molecule has 0 aromatic heterocycles. The second-order valence-corrected chi connectivity index (χ2v) is 4.20. The molecular formula is C13H10FN3O4. The van der Waals surface area contributed by atoms with Gasteiger partial charge in [-0.2, -0.15) is 0 Å². The first-order chi connectivity index (χ1) is 9.97. The van der Waals surface area contributed by atoms with Crippen molar-refractivity contribution in [3.05, 3.63) is 74.1 Å². The molecule has 0 fully saturated rings. The van der Waals surface area contributed by atoms with Crippen LogP contribution in [-0.2, 0) is 6.54 Å². The van der Waals surface area contributed by atoms with Crippen LogP contribution in [0, 0.1) is 26.0 Å². The van der Waals surface area contributed by atoms with Gasteiger partial charge < -0.3 is 5.32 Å². The van der Waals surface area contributed by atoms with Gasteiger partial charge in [0.2, 0.25) is 0 Å². The molecule has 0 spiro atoms. The number of non-ortho nitro benzene ring substituents is 1. The molecule has 0 saturated carbocycles. The molecule has 0 aliphatic heterocycles. The van der Waals surface area contributed by atoms with Crippen LogP contribution in [0.3, 0.4) is 0 Å². The van der Waals surface area contributed by atoms with Crippen molar-refractivity contribution in [2.45, 2.75) is 6.54 Å². The lowest BCUT2D eigenvalue weighted by Crippen LogP contribution is -2.03. The van der Waals surface area contributed by atoms with Crippen molar-refractivity contribution in [3.63, 3.8) is 0 Å². The van der Waals surface area contributed by atoms with E-state index in [9.17, 15) is 24.6 Å². The summed E-state index contributed by atoms with van der Waals surface area (Å²) in [5.41, 5.74) is 0.277. The van der Waals surface area contributed by atoms with E-state index in [2.05, 4.69) is 5.32 Å². The summed E-state index contributed by atoms with van der Waals surface area (Å²) in [7, 11) is 0. The zero-order valence-corrected chi connectivity index (χ0v) is 10.7. The minimum atomic E-state index is -0.706. The number of hydrogen-bond donors (Lipinski definition) is 1. The fourth-order valence-electron chi connectivity index (χ4n) is 1.78. The number of anilines is 1. The van der Waals surface area contributed by atoms with E-state index in [1.807, 2.05) is 0 Å². The summed E-state index contributed by atoms with van der Waals surface area (Å²) in [6.07, 6.45) is 0. The van der Waals surface area contributed by atoms with E-state index in [0.717, 1.165) is 12.1 Å². The smallest absolute Gasteiger partial charge is 0.295 e. The van der Waals surface area contributed by atoms with Gasteiger partial charge in [-0.15, -0.1) is 0 Å². The van der Waals surface area contributed by atoms with Gasteiger partial charge in [0, 0.05) is 18.7 Å². The molecule has 0 heterocycles. The van der Waals surface area contributed by atoms with Gasteiger partial charge in [-0.3, -0.25) is 20.2 Å². The van der Waals surface area contributed by atoms with Crippen molar-refractivity contribution in [1.29, 1.82) is 0 Å². The van der Waals surface area contributed by atoms with Crippen LogP contribution < -0.4 is 5.32 Å². The lowest BCUT2D eigenvalue weighted by molar-refractivity contribution is -0.384. The van der Waals surface area contributed by atoms with Crippen LogP contribution in [0.2, 0.25) is 0 Å². The summed E-state index contributed by atoms with van der Waals surface area (Å²) < 4.78 is 13.0. The Labute approximate surface area is 118 Å². The molecule has 0 amide bonds. The van der Waals surface area contributed by atoms with Crippen molar-refractivity contribution < 1.29 is 14.2 Å². The van der Waals surface area contributed by atoms with E-state index in [1.165, 1.54) is 24.3 Å². The van der Waals surface area contributed by atoms with Gasteiger partial charge in [-0.25, -0.2) is 4.39 Å². The van der Waals surface area contributed by atoms with Crippen LogP contribution in [-0.4, -0.2) is 9.85 Å². The van der Waals surface area contributed by atoms with Gasteiger partial charge in [-0.05, 0) is 17.7 Å². The lowest BCUT2D eigenvalue weighted by atomic mass is 10.2. The summed E-state index contributed by atoms with van der Waals surface area (Å²) in [5.74, 6) is -0.706. The molecule has 2 aromatic carbocycles. The van der Waals surface area contributed by atoms with Crippen molar-refractivity contribution in [2.75, 3.05) is 5.32 Å². The molecule has 0 atom stereocenters. The Kier molecular flexibility index (Phi) is 4.07. The Balaban J connectivity index is 2.18. The third-order valence-electron chi connectivity index (χ3n) is 2.76. The summed E-state index contributed by atoms with van der Waals surface area (Å²) in [6.45, 7) is 0.147. The maximum Gasteiger partial charge on any atom is 0.295 e. The predicted molar refractivity (Wildman–Crippen MR) is 73.5 cm³/mol. The molecule has 21 heavy (non-hydrogen) atoms. The van der Waals surface area contributed by atoms with Crippen molar-refractivity contribution >= 4 is 17.1 Å². The first kappa shape index (κ1) is 14.4. The van der Waals surface area contributed by atoms with Crippen LogP contribution >= 0.6 is 0 Å². The Bertz CT molecular complexity index is 706. The third kappa shape index (κ3) is 3.50.